The molecule has 1 fully saturated rings. The topological polar surface area (TPSA) is 28.2 Å². The van der Waals surface area contributed by atoms with Crippen LogP contribution in [0, 0.1) is 0 Å². The summed E-state index contributed by atoms with van der Waals surface area (Å²) in [6.07, 6.45) is 1.14. The summed E-state index contributed by atoms with van der Waals surface area (Å²) in [4.78, 5) is 6.79. The van der Waals surface area contributed by atoms with E-state index in [1.165, 1.54) is 5.56 Å². The van der Waals surface area contributed by atoms with Crippen molar-refractivity contribution in [2.45, 2.75) is 32.0 Å². The highest BCUT2D eigenvalue weighted by atomic mass is 35.5. The highest BCUT2D eigenvalue weighted by molar-refractivity contribution is 7.14. The fourth-order valence-electron chi connectivity index (χ4n) is 2.72. The van der Waals surface area contributed by atoms with E-state index < -0.39 is 0 Å². The first kappa shape index (κ1) is 13.9. The van der Waals surface area contributed by atoms with Gasteiger partial charge in [0.25, 0.3) is 0 Å². The normalized spacial score (nSPS) is 23.1. The molecule has 1 aromatic carbocycles. The molecule has 0 bridgehead atoms. The van der Waals surface area contributed by atoms with Gasteiger partial charge in [-0.1, -0.05) is 41.9 Å². The van der Waals surface area contributed by atoms with Crippen molar-refractivity contribution in [1.29, 1.82) is 0 Å². The maximum Gasteiger partial charge on any atom is 0.184 e. The van der Waals surface area contributed by atoms with Gasteiger partial charge in [-0.3, -0.25) is 4.90 Å². The molecule has 2 aromatic rings. The Balaban J connectivity index is 1.60. The summed E-state index contributed by atoms with van der Waals surface area (Å²) in [5, 5.41) is 6.87. The number of anilines is 1. The molecule has 2 atom stereocenters. The summed E-state index contributed by atoms with van der Waals surface area (Å²) in [6.45, 7) is 4.41. The molecular weight excluding hydrogens is 290 g/mol. The minimum atomic E-state index is 0.445. The van der Waals surface area contributed by atoms with Gasteiger partial charge < -0.3 is 5.32 Å². The second-order valence-electron chi connectivity index (χ2n) is 5.21. The lowest BCUT2D eigenvalue weighted by Gasteiger charge is -2.25. The minimum Gasteiger partial charge on any atom is -0.357 e. The lowest BCUT2D eigenvalue weighted by molar-refractivity contribution is 0.255. The SMILES string of the molecule is CC1C(Nc2nc(Cl)cs2)CCN1Cc1ccccc1. The molecule has 0 radical (unpaired) electrons. The van der Waals surface area contributed by atoms with Crippen molar-refractivity contribution in [3.8, 4) is 0 Å². The van der Waals surface area contributed by atoms with E-state index in [0.29, 0.717) is 17.2 Å². The number of halogens is 1. The molecule has 0 aliphatic carbocycles. The Morgan fingerprint density at radius 1 is 1.40 bits per heavy atom. The Kier molecular flexibility index (Phi) is 4.24. The summed E-state index contributed by atoms with van der Waals surface area (Å²) in [5.41, 5.74) is 1.37. The second kappa shape index (κ2) is 6.12. The van der Waals surface area contributed by atoms with Crippen LogP contribution in [0.3, 0.4) is 0 Å². The van der Waals surface area contributed by atoms with Gasteiger partial charge in [0.15, 0.2) is 5.13 Å². The van der Waals surface area contributed by atoms with E-state index in [4.69, 9.17) is 11.6 Å². The zero-order valence-corrected chi connectivity index (χ0v) is 13.0. The summed E-state index contributed by atoms with van der Waals surface area (Å²) >= 11 is 7.44. The largest absolute Gasteiger partial charge is 0.357 e. The van der Waals surface area contributed by atoms with E-state index in [-0.39, 0.29) is 0 Å². The minimum absolute atomic E-state index is 0.445. The van der Waals surface area contributed by atoms with Crippen LogP contribution >= 0.6 is 22.9 Å². The zero-order valence-electron chi connectivity index (χ0n) is 11.4. The molecule has 0 amide bonds. The number of hydrogen-bond donors (Lipinski definition) is 1. The van der Waals surface area contributed by atoms with Gasteiger partial charge in [-0.25, -0.2) is 4.98 Å². The molecule has 1 aromatic heterocycles. The highest BCUT2D eigenvalue weighted by Crippen LogP contribution is 2.26. The Morgan fingerprint density at radius 3 is 2.90 bits per heavy atom. The quantitative estimate of drug-likeness (QED) is 0.929. The van der Waals surface area contributed by atoms with E-state index in [1.807, 2.05) is 5.38 Å². The molecule has 1 saturated heterocycles. The van der Waals surface area contributed by atoms with Crippen LogP contribution in [-0.2, 0) is 6.54 Å². The van der Waals surface area contributed by atoms with Crippen LogP contribution in [0.1, 0.15) is 18.9 Å². The summed E-state index contributed by atoms with van der Waals surface area (Å²) in [6, 6.07) is 11.6. The lowest BCUT2D eigenvalue weighted by Crippen LogP contribution is -2.35. The van der Waals surface area contributed by atoms with Gasteiger partial charge in [-0.15, -0.1) is 11.3 Å². The van der Waals surface area contributed by atoms with Crippen molar-refractivity contribution in [3.63, 3.8) is 0 Å². The van der Waals surface area contributed by atoms with Gasteiger partial charge >= 0.3 is 0 Å². The van der Waals surface area contributed by atoms with Crippen LogP contribution in [0.25, 0.3) is 0 Å². The van der Waals surface area contributed by atoms with E-state index in [1.54, 1.807) is 11.3 Å². The van der Waals surface area contributed by atoms with Crippen molar-refractivity contribution in [2.24, 2.45) is 0 Å². The average Bonchev–Trinajstić information content (AvgIpc) is 3.01. The number of nitrogens with zero attached hydrogens (tertiary/aromatic N) is 2. The summed E-state index contributed by atoms with van der Waals surface area (Å²) in [7, 11) is 0. The zero-order chi connectivity index (χ0) is 13.9. The molecule has 3 rings (SSSR count). The maximum atomic E-state index is 5.87. The Bertz CT molecular complexity index is 557. The van der Waals surface area contributed by atoms with Crippen molar-refractivity contribution in [3.05, 3.63) is 46.4 Å². The molecule has 1 N–H and O–H groups in total. The maximum absolute atomic E-state index is 5.87. The molecule has 2 heterocycles. The smallest absolute Gasteiger partial charge is 0.184 e. The van der Waals surface area contributed by atoms with Gasteiger partial charge in [0.2, 0.25) is 0 Å². The number of likely N-dealkylation sites (tertiary alicyclic amines) is 1. The predicted molar refractivity (Wildman–Crippen MR) is 85.5 cm³/mol. The standard InChI is InChI=1S/C15H18ClN3S/c1-11-13(17-15-18-14(16)10-20-15)7-8-19(11)9-12-5-3-2-4-6-12/h2-6,10-11,13H,7-9H2,1H3,(H,17,18). The van der Waals surface area contributed by atoms with Crippen molar-refractivity contribution < 1.29 is 0 Å². The van der Waals surface area contributed by atoms with Crippen LogP contribution in [0.4, 0.5) is 5.13 Å². The first-order valence-electron chi connectivity index (χ1n) is 6.88. The number of aromatic nitrogens is 1. The van der Waals surface area contributed by atoms with Gasteiger partial charge in [0.1, 0.15) is 5.15 Å². The first-order valence-corrected chi connectivity index (χ1v) is 8.13. The molecule has 106 valence electrons. The fourth-order valence-corrected chi connectivity index (χ4v) is 3.62. The van der Waals surface area contributed by atoms with Crippen LogP contribution in [-0.4, -0.2) is 28.5 Å². The Labute approximate surface area is 128 Å². The molecule has 20 heavy (non-hydrogen) atoms. The van der Waals surface area contributed by atoms with Crippen LogP contribution in [0.2, 0.25) is 5.15 Å². The number of hydrogen-bond acceptors (Lipinski definition) is 4. The third kappa shape index (κ3) is 3.14. The van der Waals surface area contributed by atoms with E-state index in [0.717, 1.165) is 24.6 Å². The second-order valence-corrected chi connectivity index (χ2v) is 6.46. The Morgan fingerprint density at radius 2 is 2.20 bits per heavy atom. The first-order chi connectivity index (χ1) is 9.72. The average molecular weight is 308 g/mol. The third-order valence-electron chi connectivity index (χ3n) is 3.90. The monoisotopic (exact) mass is 307 g/mol. The number of thiazole rings is 1. The van der Waals surface area contributed by atoms with Crippen molar-refractivity contribution >= 4 is 28.1 Å². The van der Waals surface area contributed by atoms with Gasteiger partial charge in [0.05, 0.1) is 0 Å². The lowest BCUT2D eigenvalue weighted by atomic mass is 10.1. The molecule has 5 heteroatoms. The van der Waals surface area contributed by atoms with E-state index in [9.17, 15) is 0 Å². The Hall–Kier alpha value is -1.10. The van der Waals surface area contributed by atoms with E-state index in [2.05, 4.69) is 52.5 Å². The molecule has 2 unspecified atom stereocenters. The summed E-state index contributed by atoms with van der Waals surface area (Å²) < 4.78 is 0. The van der Waals surface area contributed by atoms with Gasteiger partial charge in [-0.2, -0.15) is 0 Å². The highest BCUT2D eigenvalue weighted by Gasteiger charge is 2.30. The molecule has 0 spiro atoms. The van der Waals surface area contributed by atoms with Crippen molar-refractivity contribution in [2.75, 3.05) is 11.9 Å². The van der Waals surface area contributed by atoms with Gasteiger partial charge in [0, 0.05) is 30.6 Å². The number of rotatable bonds is 4. The molecule has 1 aliphatic rings. The summed E-state index contributed by atoms with van der Waals surface area (Å²) in [5.74, 6) is 0. The van der Waals surface area contributed by atoms with Gasteiger partial charge in [-0.05, 0) is 18.9 Å². The van der Waals surface area contributed by atoms with Crippen LogP contribution < -0.4 is 5.32 Å². The molecule has 3 nitrogen and oxygen atoms in total. The predicted octanol–water partition coefficient (Wildman–Crippen LogP) is 3.87. The molecular formula is C15H18ClN3S. The molecule has 0 saturated carbocycles. The third-order valence-corrected chi connectivity index (χ3v) is 5.00. The number of benzene rings is 1. The fraction of sp³-hybridized carbons (Fsp3) is 0.400. The molecule has 1 aliphatic heterocycles. The van der Waals surface area contributed by atoms with E-state index >= 15 is 0 Å². The number of nitrogens with one attached hydrogen (secondary N) is 1. The van der Waals surface area contributed by atoms with Crippen molar-refractivity contribution in [1.82, 2.24) is 9.88 Å². The van der Waals surface area contributed by atoms with Crippen LogP contribution in [0.5, 0.6) is 0 Å². The van der Waals surface area contributed by atoms with Crippen LogP contribution in [0.15, 0.2) is 35.7 Å².